The minimum Gasteiger partial charge on any atom is -0.466 e. The molecule has 0 bridgehead atoms. The molecule has 1 heterocycles. The number of allylic oxidation sites excluding steroid dienone is 1. The fourth-order valence-electron chi connectivity index (χ4n) is 2.41. The van der Waals surface area contributed by atoms with Crippen LogP contribution in [0.5, 0.6) is 0 Å². The van der Waals surface area contributed by atoms with Gasteiger partial charge in [-0.05, 0) is 37.7 Å². The summed E-state index contributed by atoms with van der Waals surface area (Å²) in [6, 6.07) is 9.64. The molecule has 1 aromatic rings. The zero-order valence-corrected chi connectivity index (χ0v) is 14.0. The number of hydrogen-bond donors (Lipinski definition) is 0. The van der Waals surface area contributed by atoms with Gasteiger partial charge in [0, 0.05) is 19.2 Å². The highest BCUT2D eigenvalue weighted by Gasteiger charge is 2.12. The van der Waals surface area contributed by atoms with Crippen LogP contribution in [-0.2, 0) is 20.9 Å². The van der Waals surface area contributed by atoms with Gasteiger partial charge in [-0.1, -0.05) is 36.4 Å². The largest absolute Gasteiger partial charge is 0.466 e. The van der Waals surface area contributed by atoms with Crippen molar-refractivity contribution in [3.05, 3.63) is 48.2 Å². The first-order chi connectivity index (χ1) is 11.8. The van der Waals surface area contributed by atoms with Gasteiger partial charge in [0.15, 0.2) is 0 Å². The predicted molar refractivity (Wildman–Crippen MR) is 91.1 cm³/mol. The lowest BCUT2D eigenvalue weighted by Gasteiger charge is -2.18. The number of benzene rings is 1. The number of ether oxygens (including phenoxy) is 2. The Kier molecular flexibility index (Phi) is 7.87. The van der Waals surface area contributed by atoms with Crippen LogP contribution in [0.1, 0.15) is 44.1 Å². The monoisotopic (exact) mass is 331 g/mol. The zero-order valence-electron chi connectivity index (χ0n) is 14.0. The molecule has 0 fully saturated rings. The molecule has 0 unspecified atom stereocenters. The van der Waals surface area contributed by atoms with Gasteiger partial charge in [0.2, 0.25) is 0 Å². The second kappa shape index (κ2) is 10.5. The van der Waals surface area contributed by atoms with Crippen LogP contribution in [0.25, 0.3) is 0 Å². The van der Waals surface area contributed by atoms with E-state index in [4.69, 9.17) is 9.47 Å². The lowest BCUT2D eigenvalue weighted by atomic mass is 10.2. The van der Waals surface area contributed by atoms with Gasteiger partial charge in [-0.2, -0.15) is 0 Å². The third-order valence-corrected chi connectivity index (χ3v) is 3.78. The first-order valence-electron chi connectivity index (χ1n) is 8.55. The van der Waals surface area contributed by atoms with Crippen molar-refractivity contribution < 1.29 is 19.1 Å². The minimum absolute atomic E-state index is 0.137. The molecule has 0 aliphatic carbocycles. The molecule has 0 spiro atoms. The fraction of sp³-hybridized carbons (Fsp3) is 0.474. The van der Waals surface area contributed by atoms with Gasteiger partial charge in [-0.3, -0.25) is 9.69 Å². The number of rotatable bonds is 2. The highest BCUT2D eigenvalue weighted by atomic mass is 16.6. The molecule has 0 aromatic heterocycles. The number of nitrogens with zero attached hydrogens (tertiary/aromatic N) is 1. The van der Waals surface area contributed by atoms with E-state index in [0.717, 1.165) is 37.7 Å². The summed E-state index contributed by atoms with van der Waals surface area (Å²) in [5.74, 6) is -0.137. The third kappa shape index (κ3) is 6.86. The van der Waals surface area contributed by atoms with Gasteiger partial charge in [-0.25, -0.2) is 4.79 Å². The van der Waals surface area contributed by atoms with Gasteiger partial charge in [0.1, 0.15) is 6.61 Å². The van der Waals surface area contributed by atoms with Crippen molar-refractivity contribution in [2.45, 2.75) is 45.1 Å². The Balaban J connectivity index is 1.86. The van der Waals surface area contributed by atoms with E-state index in [9.17, 15) is 9.59 Å². The molecule has 0 radical (unpaired) electrons. The number of carbonyl (C=O) groups excluding carboxylic acids is 2. The van der Waals surface area contributed by atoms with Crippen LogP contribution >= 0.6 is 0 Å². The van der Waals surface area contributed by atoms with E-state index >= 15 is 0 Å². The Morgan fingerprint density at radius 2 is 1.96 bits per heavy atom. The molecule has 0 atom stereocenters. The molecule has 130 valence electrons. The molecular weight excluding hydrogens is 306 g/mol. The average Bonchev–Trinajstić information content (AvgIpc) is 2.62. The summed E-state index contributed by atoms with van der Waals surface area (Å²) in [6.07, 6.45) is 7.81. The van der Waals surface area contributed by atoms with Crippen molar-refractivity contribution >= 4 is 12.1 Å². The number of hydrogen-bond acceptors (Lipinski definition) is 4. The Morgan fingerprint density at radius 1 is 1.12 bits per heavy atom. The maximum atomic E-state index is 12.3. The van der Waals surface area contributed by atoms with Crippen molar-refractivity contribution in [2.75, 3.05) is 13.2 Å². The first-order valence-corrected chi connectivity index (χ1v) is 8.55. The second-order valence-electron chi connectivity index (χ2n) is 5.79. The molecule has 0 saturated carbocycles. The number of amides is 1. The smallest absolute Gasteiger partial charge is 0.414 e. The summed E-state index contributed by atoms with van der Waals surface area (Å²) in [4.78, 5) is 25.3. The zero-order chi connectivity index (χ0) is 17.0. The highest BCUT2D eigenvalue weighted by molar-refractivity contribution is 5.69. The van der Waals surface area contributed by atoms with E-state index in [2.05, 4.69) is 0 Å². The summed E-state index contributed by atoms with van der Waals surface area (Å²) in [7, 11) is 0. The minimum atomic E-state index is -0.336. The first kappa shape index (κ1) is 18.0. The molecule has 5 nitrogen and oxygen atoms in total. The van der Waals surface area contributed by atoms with Gasteiger partial charge in [0.05, 0.1) is 6.61 Å². The molecule has 0 saturated heterocycles. The fourth-order valence-corrected chi connectivity index (χ4v) is 2.41. The molecular formula is C19H25NO4. The van der Waals surface area contributed by atoms with E-state index in [0.29, 0.717) is 19.6 Å². The maximum Gasteiger partial charge on any atom is 0.414 e. The molecule has 1 amide bonds. The van der Waals surface area contributed by atoms with Crippen LogP contribution < -0.4 is 0 Å². The lowest BCUT2D eigenvalue weighted by Crippen LogP contribution is -2.27. The molecule has 2 rings (SSSR count). The topological polar surface area (TPSA) is 55.8 Å². The Morgan fingerprint density at radius 3 is 2.79 bits per heavy atom. The normalized spacial score (nSPS) is 18.5. The number of esters is 1. The Hall–Kier alpha value is -2.30. The van der Waals surface area contributed by atoms with Crippen molar-refractivity contribution in [1.82, 2.24) is 4.90 Å². The molecule has 0 N–H and O–H groups in total. The molecule has 1 aromatic carbocycles. The molecule has 24 heavy (non-hydrogen) atoms. The van der Waals surface area contributed by atoms with Crippen LogP contribution in [0.15, 0.2) is 42.6 Å². The Bertz CT molecular complexity index is 542. The molecule has 1 aliphatic heterocycles. The highest BCUT2D eigenvalue weighted by Crippen LogP contribution is 2.09. The van der Waals surface area contributed by atoms with E-state index in [-0.39, 0.29) is 18.7 Å². The van der Waals surface area contributed by atoms with Gasteiger partial charge >= 0.3 is 12.1 Å². The number of carbonyl (C=O) groups is 2. The standard InChI is InChI=1S/C19H25NO4/c21-18-12-6-2-7-13-20(14-8-3-9-15-23-18)19(22)24-16-17-10-4-1-5-11-17/h1,4-5,7,10-11,13H,2-3,6,8-9,12,14-16H2/b13-7-. The summed E-state index contributed by atoms with van der Waals surface area (Å²) in [6.45, 7) is 1.34. The quantitative estimate of drug-likeness (QED) is 0.768. The van der Waals surface area contributed by atoms with E-state index in [1.54, 1.807) is 11.1 Å². The number of cyclic esters (lactones) is 1. The van der Waals surface area contributed by atoms with E-state index in [1.165, 1.54) is 0 Å². The lowest BCUT2D eigenvalue weighted by molar-refractivity contribution is -0.143. The average molecular weight is 331 g/mol. The third-order valence-electron chi connectivity index (χ3n) is 3.78. The molecule has 1 aliphatic rings. The van der Waals surface area contributed by atoms with Gasteiger partial charge in [0.25, 0.3) is 0 Å². The summed E-state index contributed by atoms with van der Waals surface area (Å²) < 4.78 is 10.5. The van der Waals surface area contributed by atoms with E-state index < -0.39 is 0 Å². The maximum absolute atomic E-state index is 12.3. The van der Waals surface area contributed by atoms with Crippen LogP contribution in [0.2, 0.25) is 0 Å². The van der Waals surface area contributed by atoms with Crippen molar-refractivity contribution in [3.8, 4) is 0 Å². The Labute approximate surface area is 143 Å². The van der Waals surface area contributed by atoms with Crippen LogP contribution in [-0.4, -0.2) is 30.1 Å². The van der Waals surface area contributed by atoms with E-state index in [1.807, 2.05) is 36.4 Å². The van der Waals surface area contributed by atoms with Crippen LogP contribution in [0.4, 0.5) is 4.79 Å². The van der Waals surface area contributed by atoms with Crippen molar-refractivity contribution in [2.24, 2.45) is 0 Å². The summed E-state index contributed by atoms with van der Waals surface area (Å²) in [5.41, 5.74) is 0.969. The van der Waals surface area contributed by atoms with Crippen molar-refractivity contribution in [3.63, 3.8) is 0 Å². The van der Waals surface area contributed by atoms with Gasteiger partial charge in [-0.15, -0.1) is 0 Å². The summed E-state index contributed by atoms with van der Waals surface area (Å²) >= 11 is 0. The molecule has 5 heteroatoms. The predicted octanol–water partition coefficient (Wildman–Crippen LogP) is 4.04. The SMILES string of the molecule is O=C1CCC/C=C\N(C(=O)OCc2ccccc2)CCCCCO1. The summed E-state index contributed by atoms with van der Waals surface area (Å²) in [5, 5.41) is 0. The second-order valence-corrected chi connectivity index (χ2v) is 5.79. The van der Waals surface area contributed by atoms with Crippen molar-refractivity contribution in [1.29, 1.82) is 0 Å². The van der Waals surface area contributed by atoms with Gasteiger partial charge < -0.3 is 9.47 Å². The van der Waals surface area contributed by atoms with Crippen LogP contribution in [0, 0.1) is 0 Å². The van der Waals surface area contributed by atoms with Crippen LogP contribution in [0.3, 0.4) is 0 Å².